The molecule has 2 aromatic carbocycles. The topological polar surface area (TPSA) is 46.2 Å². The Morgan fingerprint density at radius 1 is 0.955 bits per heavy atom. The van der Waals surface area contributed by atoms with Crippen LogP contribution in [0.3, 0.4) is 0 Å². The maximum atomic E-state index is 13.2. The molecule has 22 heavy (non-hydrogen) atoms. The Kier molecular flexibility index (Phi) is 3.73. The van der Waals surface area contributed by atoms with E-state index in [1.165, 1.54) is 0 Å². The summed E-state index contributed by atoms with van der Waals surface area (Å²) in [5.74, 6) is 0. The number of fused-ring (bicyclic) bond motifs is 1. The summed E-state index contributed by atoms with van der Waals surface area (Å²) in [7, 11) is -3.51. The molecular weight excluding hydrogens is 294 g/mol. The van der Waals surface area contributed by atoms with Gasteiger partial charge in [-0.05, 0) is 62.4 Å². The molecule has 1 N–H and O–H groups in total. The van der Waals surface area contributed by atoms with E-state index in [4.69, 9.17) is 0 Å². The molecule has 0 aromatic heterocycles. The molecule has 0 bridgehead atoms. The molecule has 0 atom stereocenters. The first kappa shape index (κ1) is 15.1. The van der Waals surface area contributed by atoms with Gasteiger partial charge in [-0.1, -0.05) is 23.8 Å². The number of benzene rings is 2. The fourth-order valence-electron chi connectivity index (χ4n) is 3.15. The van der Waals surface area contributed by atoms with Crippen LogP contribution in [0.4, 0.5) is 5.69 Å². The number of sulfone groups is 1. The number of hydrogen-bond acceptors (Lipinski definition) is 3. The smallest absolute Gasteiger partial charge is 0.208 e. The van der Waals surface area contributed by atoms with Gasteiger partial charge in [-0.15, -0.1) is 0 Å². The third-order valence-corrected chi connectivity index (χ3v) is 6.10. The van der Waals surface area contributed by atoms with Crippen molar-refractivity contribution >= 4 is 15.5 Å². The van der Waals surface area contributed by atoms with E-state index < -0.39 is 9.84 Å². The predicted octanol–water partition coefficient (Wildman–Crippen LogP) is 3.80. The van der Waals surface area contributed by atoms with E-state index in [2.05, 4.69) is 11.4 Å². The first-order chi connectivity index (χ1) is 10.4. The van der Waals surface area contributed by atoms with Gasteiger partial charge in [0.05, 0.1) is 15.5 Å². The molecule has 1 aliphatic rings. The third kappa shape index (κ3) is 2.52. The second-order valence-corrected chi connectivity index (χ2v) is 7.99. The maximum Gasteiger partial charge on any atom is 0.208 e. The fourth-order valence-corrected chi connectivity index (χ4v) is 4.93. The number of rotatable bonds is 2. The number of hydrogen-bond donors (Lipinski definition) is 1. The average Bonchev–Trinajstić information content (AvgIpc) is 2.45. The fraction of sp³-hybridized carbons (Fsp3) is 0.333. The normalized spacial score (nSPS) is 14.3. The van der Waals surface area contributed by atoms with Gasteiger partial charge in [-0.25, -0.2) is 8.42 Å². The molecule has 1 aliphatic heterocycles. The molecule has 1 heterocycles. The SMILES string of the molecule is Cc1ccc(S(=O)(=O)c2cc(C)cc3c2NCCC3)c(C)c1. The van der Waals surface area contributed by atoms with Gasteiger partial charge in [-0.2, -0.15) is 0 Å². The van der Waals surface area contributed by atoms with Crippen molar-refractivity contribution in [2.24, 2.45) is 0 Å². The summed E-state index contributed by atoms with van der Waals surface area (Å²) in [4.78, 5) is 0.812. The van der Waals surface area contributed by atoms with Crippen molar-refractivity contribution in [1.29, 1.82) is 0 Å². The highest BCUT2D eigenvalue weighted by atomic mass is 32.2. The highest BCUT2D eigenvalue weighted by Crippen LogP contribution is 2.35. The molecule has 3 nitrogen and oxygen atoms in total. The summed E-state index contributed by atoms with van der Waals surface area (Å²) in [6.07, 6.45) is 1.97. The lowest BCUT2D eigenvalue weighted by atomic mass is 10.0. The van der Waals surface area contributed by atoms with Crippen LogP contribution < -0.4 is 5.32 Å². The number of aryl methyl sites for hydroxylation is 4. The van der Waals surface area contributed by atoms with Crippen LogP contribution in [0.25, 0.3) is 0 Å². The lowest BCUT2D eigenvalue weighted by molar-refractivity contribution is 0.595. The Labute approximate surface area is 132 Å². The first-order valence-corrected chi connectivity index (χ1v) is 9.07. The molecule has 3 rings (SSSR count). The van der Waals surface area contributed by atoms with E-state index in [9.17, 15) is 8.42 Å². The Bertz CT molecular complexity index is 838. The van der Waals surface area contributed by atoms with Gasteiger partial charge in [0.2, 0.25) is 9.84 Å². The van der Waals surface area contributed by atoms with Crippen LogP contribution in [0.1, 0.15) is 28.7 Å². The van der Waals surface area contributed by atoms with E-state index in [0.29, 0.717) is 9.79 Å². The van der Waals surface area contributed by atoms with Crippen LogP contribution in [0.2, 0.25) is 0 Å². The summed E-state index contributed by atoms with van der Waals surface area (Å²) in [6.45, 7) is 6.61. The maximum absolute atomic E-state index is 13.2. The Morgan fingerprint density at radius 2 is 1.73 bits per heavy atom. The van der Waals surface area contributed by atoms with Gasteiger partial charge in [0.1, 0.15) is 0 Å². The van der Waals surface area contributed by atoms with Gasteiger partial charge in [-0.3, -0.25) is 0 Å². The van der Waals surface area contributed by atoms with Crippen molar-refractivity contribution in [3.8, 4) is 0 Å². The highest BCUT2D eigenvalue weighted by Gasteiger charge is 2.26. The Hall–Kier alpha value is -1.81. The largest absolute Gasteiger partial charge is 0.384 e. The quantitative estimate of drug-likeness (QED) is 0.917. The van der Waals surface area contributed by atoms with E-state index in [1.54, 1.807) is 12.1 Å². The van der Waals surface area contributed by atoms with Crippen molar-refractivity contribution in [2.45, 2.75) is 43.4 Å². The Balaban J connectivity index is 2.23. The highest BCUT2D eigenvalue weighted by molar-refractivity contribution is 7.91. The minimum absolute atomic E-state index is 0.401. The second-order valence-electron chi connectivity index (χ2n) is 6.10. The van der Waals surface area contributed by atoms with E-state index in [1.807, 2.05) is 32.9 Å². The van der Waals surface area contributed by atoms with Gasteiger partial charge in [0, 0.05) is 6.54 Å². The minimum Gasteiger partial charge on any atom is -0.384 e. The van der Waals surface area contributed by atoms with Crippen molar-refractivity contribution in [2.75, 3.05) is 11.9 Å². The van der Waals surface area contributed by atoms with Crippen LogP contribution >= 0.6 is 0 Å². The molecular formula is C18H21NO2S. The van der Waals surface area contributed by atoms with E-state index in [-0.39, 0.29) is 0 Å². The molecule has 2 aromatic rings. The van der Waals surface area contributed by atoms with Crippen molar-refractivity contribution in [1.82, 2.24) is 0 Å². The molecule has 0 saturated heterocycles. The zero-order valence-electron chi connectivity index (χ0n) is 13.2. The van der Waals surface area contributed by atoms with Crippen LogP contribution in [0.15, 0.2) is 40.1 Å². The molecule has 0 aliphatic carbocycles. The molecule has 0 spiro atoms. The second kappa shape index (κ2) is 5.43. The van der Waals surface area contributed by atoms with E-state index >= 15 is 0 Å². The van der Waals surface area contributed by atoms with Crippen LogP contribution in [0.5, 0.6) is 0 Å². The average molecular weight is 315 g/mol. The zero-order valence-corrected chi connectivity index (χ0v) is 14.0. The van der Waals surface area contributed by atoms with Crippen molar-refractivity contribution < 1.29 is 8.42 Å². The van der Waals surface area contributed by atoms with Crippen LogP contribution in [-0.4, -0.2) is 15.0 Å². The van der Waals surface area contributed by atoms with Crippen LogP contribution in [0, 0.1) is 20.8 Å². The van der Waals surface area contributed by atoms with Gasteiger partial charge >= 0.3 is 0 Å². The molecule has 0 amide bonds. The van der Waals surface area contributed by atoms with Gasteiger partial charge in [0.25, 0.3) is 0 Å². The predicted molar refractivity (Wildman–Crippen MR) is 89.4 cm³/mol. The van der Waals surface area contributed by atoms with Gasteiger partial charge < -0.3 is 5.32 Å². The summed E-state index contributed by atoms with van der Waals surface area (Å²) in [5, 5.41) is 3.29. The molecule has 0 fully saturated rings. The Morgan fingerprint density at radius 3 is 2.45 bits per heavy atom. The van der Waals surface area contributed by atoms with Crippen molar-refractivity contribution in [3.63, 3.8) is 0 Å². The lowest BCUT2D eigenvalue weighted by Gasteiger charge is -2.22. The molecule has 0 radical (unpaired) electrons. The summed E-state index contributed by atoms with van der Waals surface area (Å²) >= 11 is 0. The van der Waals surface area contributed by atoms with E-state index in [0.717, 1.165) is 47.3 Å². The third-order valence-electron chi connectivity index (χ3n) is 4.16. The monoisotopic (exact) mass is 315 g/mol. The first-order valence-electron chi connectivity index (χ1n) is 7.59. The standard InChI is InChI=1S/C18H21NO2S/c1-12-6-7-16(14(3)9-12)22(20,21)17-11-13(2)10-15-5-4-8-19-18(15)17/h6-7,9-11,19H,4-5,8H2,1-3H3. The lowest BCUT2D eigenvalue weighted by Crippen LogP contribution is -2.17. The number of anilines is 1. The minimum atomic E-state index is -3.51. The van der Waals surface area contributed by atoms with Crippen LogP contribution in [-0.2, 0) is 16.3 Å². The molecule has 0 saturated carbocycles. The van der Waals surface area contributed by atoms with Crippen molar-refractivity contribution in [3.05, 3.63) is 52.6 Å². The zero-order chi connectivity index (χ0) is 15.9. The summed E-state index contributed by atoms with van der Waals surface area (Å²) in [6, 6.07) is 9.37. The molecule has 4 heteroatoms. The van der Waals surface area contributed by atoms with Gasteiger partial charge in [0.15, 0.2) is 0 Å². The summed E-state index contributed by atoms with van der Waals surface area (Å²) in [5.41, 5.74) is 4.75. The number of nitrogens with one attached hydrogen (secondary N) is 1. The summed E-state index contributed by atoms with van der Waals surface area (Å²) < 4.78 is 26.3. The molecule has 116 valence electrons. The molecule has 0 unspecified atom stereocenters.